The van der Waals surface area contributed by atoms with Crippen LogP contribution in [0.15, 0.2) is 54.1 Å². The van der Waals surface area contributed by atoms with Crippen molar-refractivity contribution in [3.05, 3.63) is 65.4 Å². The number of hydrogen-bond donors (Lipinski definition) is 1. The third-order valence-electron chi connectivity index (χ3n) is 2.53. The summed E-state index contributed by atoms with van der Waals surface area (Å²) in [6, 6.07) is 9.64. The molecular weight excluding hydrogens is 242 g/mol. The Morgan fingerprint density at radius 1 is 1.37 bits per heavy atom. The molecule has 0 amide bonds. The molecule has 1 aromatic heterocycles. The smallest absolute Gasteiger partial charge is 0.278 e. The van der Waals surface area contributed by atoms with Crippen LogP contribution in [0.4, 0.5) is 5.95 Å². The van der Waals surface area contributed by atoms with Crippen molar-refractivity contribution in [2.75, 3.05) is 11.6 Å². The molecule has 0 unspecified atom stereocenters. The third kappa shape index (κ3) is 3.26. The number of anilines is 1. The Labute approximate surface area is 110 Å². The van der Waals surface area contributed by atoms with Crippen LogP contribution < -0.4 is 16.5 Å². The molecule has 0 fully saturated rings. The van der Waals surface area contributed by atoms with Gasteiger partial charge < -0.3 is 0 Å². The van der Waals surface area contributed by atoms with Gasteiger partial charge in [0.25, 0.3) is 0 Å². The van der Waals surface area contributed by atoms with Crippen molar-refractivity contribution in [2.45, 2.75) is 6.54 Å². The normalized spacial score (nSPS) is 10.2. The lowest BCUT2D eigenvalue weighted by Crippen LogP contribution is -2.36. The van der Waals surface area contributed by atoms with Crippen LogP contribution in [0.2, 0.25) is 0 Å². The fraction of sp³-hybridized carbons (Fsp3) is 0.154. The lowest BCUT2D eigenvalue weighted by atomic mass is 10.2. The van der Waals surface area contributed by atoms with E-state index in [0.717, 1.165) is 5.56 Å². The number of hydrazine groups is 1. The van der Waals surface area contributed by atoms with Crippen LogP contribution in [0.1, 0.15) is 5.56 Å². The second-order valence-corrected chi connectivity index (χ2v) is 3.99. The van der Waals surface area contributed by atoms with Gasteiger partial charge in [0, 0.05) is 0 Å². The van der Waals surface area contributed by atoms with Gasteiger partial charge in [-0.25, -0.2) is 15.6 Å². The average molecular weight is 257 g/mol. The van der Waals surface area contributed by atoms with Crippen LogP contribution in [-0.2, 0) is 6.54 Å². The van der Waals surface area contributed by atoms with Gasteiger partial charge in [-0.2, -0.15) is 4.98 Å². The van der Waals surface area contributed by atoms with Gasteiger partial charge in [-0.15, -0.1) is 6.58 Å². The number of hydrogen-bond acceptors (Lipinski definition) is 5. The summed E-state index contributed by atoms with van der Waals surface area (Å²) in [4.78, 5) is 19.8. The molecule has 2 N–H and O–H groups in total. The lowest BCUT2D eigenvalue weighted by molar-refractivity contribution is 0.688. The Morgan fingerprint density at radius 3 is 2.74 bits per heavy atom. The molecule has 0 saturated heterocycles. The van der Waals surface area contributed by atoms with Gasteiger partial charge in [0.1, 0.15) is 6.33 Å². The maximum Gasteiger partial charge on any atom is 0.352 e. The summed E-state index contributed by atoms with van der Waals surface area (Å²) in [5, 5.41) is 1.27. The van der Waals surface area contributed by atoms with E-state index in [1.165, 1.54) is 15.9 Å². The number of aromatic nitrogens is 3. The van der Waals surface area contributed by atoms with Crippen molar-refractivity contribution in [2.24, 2.45) is 5.84 Å². The highest BCUT2D eigenvalue weighted by Gasteiger charge is 2.06. The van der Waals surface area contributed by atoms with E-state index in [4.69, 9.17) is 5.84 Å². The maximum atomic E-state index is 11.9. The number of nitrogens with zero attached hydrogens (tertiary/aromatic N) is 4. The second kappa shape index (κ2) is 5.92. The predicted molar refractivity (Wildman–Crippen MR) is 73.6 cm³/mol. The molecule has 1 aromatic carbocycles. The van der Waals surface area contributed by atoms with Crippen molar-refractivity contribution < 1.29 is 0 Å². The fourth-order valence-electron chi connectivity index (χ4n) is 1.60. The largest absolute Gasteiger partial charge is 0.352 e. The van der Waals surface area contributed by atoms with E-state index in [-0.39, 0.29) is 11.6 Å². The maximum absolute atomic E-state index is 11.9. The molecule has 6 nitrogen and oxygen atoms in total. The molecule has 1 heterocycles. The van der Waals surface area contributed by atoms with E-state index in [9.17, 15) is 4.79 Å². The summed E-state index contributed by atoms with van der Waals surface area (Å²) in [7, 11) is 0. The van der Waals surface area contributed by atoms with Gasteiger partial charge in [0.2, 0.25) is 5.95 Å². The first-order valence-corrected chi connectivity index (χ1v) is 5.81. The fourth-order valence-corrected chi connectivity index (χ4v) is 1.60. The number of nitrogens with two attached hydrogens (primary N) is 1. The van der Waals surface area contributed by atoms with Crippen LogP contribution in [-0.4, -0.2) is 21.1 Å². The molecule has 0 bridgehead atoms. The van der Waals surface area contributed by atoms with Crippen LogP contribution in [0.25, 0.3) is 0 Å². The van der Waals surface area contributed by atoms with E-state index >= 15 is 0 Å². The molecule has 0 aliphatic heterocycles. The highest BCUT2D eigenvalue weighted by Crippen LogP contribution is 2.01. The molecule has 98 valence electrons. The zero-order valence-corrected chi connectivity index (χ0v) is 10.4. The quantitative estimate of drug-likeness (QED) is 0.481. The van der Waals surface area contributed by atoms with Gasteiger partial charge in [0.05, 0.1) is 13.1 Å². The van der Waals surface area contributed by atoms with Crippen LogP contribution in [0.5, 0.6) is 0 Å². The molecule has 0 aliphatic carbocycles. The molecule has 2 aromatic rings. The highest BCUT2D eigenvalue weighted by atomic mass is 16.1. The molecule has 6 heteroatoms. The van der Waals surface area contributed by atoms with Crippen molar-refractivity contribution in [3.63, 3.8) is 0 Å². The van der Waals surface area contributed by atoms with Crippen molar-refractivity contribution in [3.8, 4) is 0 Å². The minimum atomic E-state index is -0.381. The lowest BCUT2D eigenvalue weighted by Gasteiger charge is -2.13. The Balaban J connectivity index is 2.20. The topological polar surface area (TPSA) is 77.0 Å². The predicted octanol–water partition coefficient (Wildman–Crippen LogP) is 0.553. The Morgan fingerprint density at radius 2 is 2.11 bits per heavy atom. The first-order chi connectivity index (χ1) is 9.20. The van der Waals surface area contributed by atoms with E-state index in [1.807, 2.05) is 30.3 Å². The molecule has 0 atom stereocenters. The molecule has 0 radical (unpaired) electrons. The summed E-state index contributed by atoms with van der Waals surface area (Å²) in [5.74, 6) is 5.86. The zero-order valence-electron chi connectivity index (χ0n) is 10.4. The third-order valence-corrected chi connectivity index (χ3v) is 2.53. The summed E-state index contributed by atoms with van der Waals surface area (Å²) < 4.78 is 1.43. The molecule has 2 rings (SSSR count). The Kier molecular flexibility index (Phi) is 4.04. The van der Waals surface area contributed by atoms with E-state index in [1.54, 1.807) is 6.08 Å². The van der Waals surface area contributed by atoms with Crippen molar-refractivity contribution >= 4 is 5.95 Å². The Hall–Kier alpha value is -2.47. The minimum absolute atomic E-state index is 0.189. The average Bonchev–Trinajstić information content (AvgIpc) is 2.42. The Bertz CT molecular complexity index is 608. The molecule has 19 heavy (non-hydrogen) atoms. The number of rotatable bonds is 5. The minimum Gasteiger partial charge on any atom is -0.278 e. The van der Waals surface area contributed by atoms with Gasteiger partial charge >= 0.3 is 5.69 Å². The first kappa shape index (κ1) is 13.0. The summed E-state index contributed by atoms with van der Waals surface area (Å²) in [6.07, 6.45) is 3.06. The van der Waals surface area contributed by atoms with Crippen LogP contribution in [0.3, 0.4) is 0 Å². The molecule has 0 spiro atoms. The zero-order chi connectivity index (χ0) is 13.7. The standard InChI is InChI=1S/C13H15N5O/c1-2-8-18(14)12-15-10-17(13(19)16-12)9-11-6-4-3-5-7-11/h2-7,10H,1,8-9,14H2. The second-order valence-electron chi connectivity index (χ2n) is 3.99. The van der Waals surface area contributed by atoms with Gasteiger partial charge in [-0.1, -0.05) is 36.4 Å². The van der Waals surface area contributed by atoms with Crippen LogP contribution >= 0.6 is 0 Å². The van der Waals surface area contributed by atoms with E-state index < -0.39 is 0 Å². The highest BCUT2D eigenvalue weighted by molar-refractivity contribution is 5.25. The molecule has 0 saturated carbocycles. The summed E-state index contributed by atoms with van der Waals surface area (Å²) in [5.41, 5.74) is 0.630. The van der Waals surface area contributed by atoms with Gasteiger partial charge in [-0.05, 0) is 5.56 Å². The van der Waals surface area contributed by atoms with Crippen molar-refractivity contribution in [1.82, 2.24) is 14.5 Å². The van der Waals surface area contributed by atoms with E-state index in [0.29, 0.717) is 13.1 Å². The van der Waals surface area contributed by atoms with Gasteiger partial charge in [0.15, 0.2) is 0 Å². The molecular formula is C13H15N5O. The number of benzene rings is 1. The monoisotopic (exact) mass is 257 g/mol. The summed E-state index contributed by atoms with van der Waals surface area (Å²) in [6.45, 7) is 4.38. The first-order valence-electron chi connectivity index (χ1n) is 5.81. The van der Waals surface area contributed by atoms with Crippen molar-refractivity contribution in [1.29, 1.82) is 0 Å². The molecule has 0 aliphatic rings. The SMILES string of the molecule is C=CCN(N)c1ncn(Cc2ccccc2)c(=O)n1. The summed E-state index contributed by atoms with van der Waals surface area (Å²) >= 11 is 0. The van der Waals surface area contributed by atoms with E-state index in [2.05, 4.69) is 16.5 Å². The van der Waals surface area contributed by atoms with Gasteiger partial charge in [-0.3, -0.25) is 9.58 Å². The van der Waals surface area contributed by atoms with Crippen LogP contribution in [0, 0.1) is 0 Å².